The van der Waals surface area contributed by atoms with Crippen molar-refractivity contribution in [2.24, 2.45) is 0 Å². The predicted molar refractivity (Wildman–Crippen MR) is 60.6 cm³/mol. The predicted octanol–water partition coefficient (Wildman–Crippen LogP) is 2.09. The standard InChI is InChI=1S/C9H8INO3/c1-6(12)11(10)8-5-3-2-4-7(8)9(13)14/h2-5H,1H3,(H,13,14). The lowest BCUT2D eigenvalue weighted by atomic mass is 10.2. The number of rotatable bonds is 2. The number of hydrogen-bond acceptors (Lipinski definition) is 2. The van der Waals surface area contributed by atoms with Gasteiger partial charge in [0.15, 0.2) is 0 Å². The molecule has 1 aromatic rings. The van der Waals surface area contributed by atoms with Crippen molar-refractivity contribution in [3.8, 4) is 0 Å². The number of para-hydroxylation sites is 1. The van der Waals surface area contributed by atoms with E-state index in [0.717, 1.165) is 0 Å². The number of carbonyl (C=O) groups excluding carboxylic acids is 1. The van der Waals surface area contributed by atoms with Crippen molar-refractivity contribution in [1.29, 1.82) is 0 Å². The smallest absolute Gasteiger partial charge is 0.337 e. The van der Waals surface area contributed by atoms with Gasteiger partial charge in [0.05, 0.1) is 34.1 Å². The van der Waals surface area contributed by atoms with Gasteiger partial charge in [0.2, 0.25) is 5.91 Å². The van der Waals surface area contributed by atoms with E-state index < -0.39 is 5.97 Å². The van der Waals surface area contributed by atoms with Crippen LogP contribution in [0.4, 0.5) is 5.69 Å². The van der Waals surface area contributed by atoms with E-state index in [2.05, 4.69) is 0 Å². The highest BCUT2D eigenvalue weighted by molar-refractivity contribution is 14.1. The topological polar surface area (TPSA) is 57.6 Å². The van der Waals surface area contributed by atoms with Crippen LogP contribution >= 0.6 is 22.9 Å². The van der Waals surface area contributed by atoms with Gasteiger partial charge in [-0.3, -0.25) is 7.91 Å². The minimum Gasteiger partial charge on any atom is -0.478 e. The van der Waals surface area contributed by atoms with E-state index in [0.29, 0.717) is 5.69 Å². The highest BCUT2D eigenvalue weighted by atomic mass is 127. The SMILES string of the molecule is CC(=O)N(I)c1ccccc1C(=O)O. The fourth-order valence-corrected chi connectivity index (χ4v) is 1.42. The Labute approximate surface area is 95.0 Å². The molecule has 5 heteroatoms. The Balaban J connectivity index is 3.19. The Morgan fingerprint density at radius 1 is 1.36 bits per heavy atom. The van der Waals surface area contributed by atoms with Crippen LogP contribution in [0.2, 0.25) is 0 Å². The maximum Gasteiger partial charge on any atom is 0.337 e. The summed E-state index contributed by atoms with van der Waals surface area (Å²) in [5.74, 6) is -1.25. The maximum absolute atomic E-state index is 11.0. The van der Waals surface area contributed by atoms with Crippen LogP contribution < -0.4 is 3.11 Å². The molecule has 1 aromatic carbocycles. The van der Waals surface area contributed by atoms with E-state index in [4.69, 9.17) is 5.11 Å². The second-order valence-corrected chi connectivity index (χ2v) is 3.59. The van der Waals surface area contributed by atoms with Gasteiger partial charge in [-0.2, -0.15) is 0 Å². The number of carboxylic acids is 1. The molecule has 0 radical (unpaired) electrons. The van der Waals surface area contributed by atoms with Gasteiger partial charge < -0.3 is 5.11 Å². The zero-order chi connectivity index (χ0) is 10.7. The summed E-state index contributed by atoms with van der Waals surface area (Å²) >= 11 is 1.78. The van der Waals surface area contributed by atoms with E-state index in [1.807, 2.05) is 0 Å². The summed E-state index contributed by atoms with van der Waals surface area (Å²) in [5, 5.41) is 8.86. The molecule has 1 N–H and O–H groups in total. The minimum atomic E-state index is -1.04. The van der Waals surface area contributed by atoms with E-state index in [1.165, 1.54) is 16.1 Å². The average Bonchev–Trinajstić information content (AvgIpc) is 2.16. The van der Waals surface area contributed by atoms with Crippen LogP contribution in [-0.2, 0) is 4.79 Å². The molecule has 14 heavy (non-hydrogen) atoms. The summed E-state index contributed by atoms with van der Waals surface area (Å²) in [6.45, 7) is 1.38. The van der Waals surface area contributed by atoms with Gasteiger partial charge in [-0.05, 0) is 12.1 Å². The van der Waals surface area contributed by atoms with E-state index in [1.54, 1.807) is 41.1 Å². The molecule has 0 saturated heterocycles. The largest absolute Gasteiger partial charge is 0.478 e. The molecule has 1 rings (SSSR count). The third-order valence-electron chi connectivity index (χ3n) is 1.62. The van der Waals surface area contributed by atoms with Crippen LogP contribution in [0, 0.1) is 0 Å². The van der Waals surface area contributed by atoms with Gasteiger partial charge in [-0.25, -0.2) is 4.79 Å². The lowest BCUT2D eigenvalue weighted by Crippen LogP contribution is -2.18. The summed E-state index contributed by atoms with van der Waals surface area (Å²) in [4.78, 5) is 21.9. The molecule has 0 spiro atoms. The number of hydrogen-bond donors (Lipinski definition) is 1. The van der Waals surface area contributed by atoms with Crippen LogP contribution in [-0.4, -0.2) is 17.0 Å². The molecule has 4 nitrogen and oxygen atoms in total. The van der Waals surface area contributed by atoms with Crippen LogP contribution in [0.3, 0.4) is 0 Å². The Bertz CT molecular complexity index is 378. The Morgan fingerprint density at radius 3 is 2.43 bits per heavy atom. The van der Waals surface area contributed by atoms with Crippen molar-refractivity contribution >= 4 is 40.4 Å². The Hall–Kier alpha value is -1.11. The van der Waals surface area contributed by atoms with Gasteiger partial charge in [0.25, 0.3) is 0 Å². The van der Waals surface area contributed by atoms with Crippen molar-refractivity contribution in [1.82, 2.24) is 0 Å². The molecule has 1 amide bonds. The molecule has 0 aliphatic rings. The Morgan fingerprint density at radius 2 is 1.93 bits per heavy atom. The second-order valence-electron chi connectivity index (χ2n) is 2.62. The first kappa shape index (κ1) is 11.0. The van der Waals surface area contributed by atoms with Gasteiger partial charge >= 0.3 is 5.97 Å². The molecule has 0 saturated carbocycles. The van der Waals surface area contributed by atoms with Gasteiger partial charge in [-0.15, -0.1) is 0 Å². The number of carboxylic acid groups (broad SMARTS) is 1. The fourth-order valence-electron chi connectivity index (χ4n) is 0.995. The second kappa shape index (κ2) is 4.41. The first-order valence-corrected chi connectivity index (χ1v) is 4.79. The highest BCUT2D eigenvalue weighted by Crippen LogP contribution is 2.23. The van der Waals surface area contributed by atoms with E-state index >= 15 is 0 Å². The number of nitrogens with zero attached hydrogens (tertiary/aromatic N) is 1. The summed E-state index contributed by atoms with van der Waals surface area (Å²) in [5.41, 5.74) is 0.519. The normalized spacial score (nSPS) is 9.57. The van der Waals surface area contributed by atoms with Crippen molar-refractivity contribution in [2.75, 3.05) is 3.11 Å². The highest BCUT2D eigenvalue weighted by Gasteiger charge is 2.15. The van der Waals surface area contributed by atoms with Crippen LogP contribution in [0.25, 0.3) is 0 Å². The first-order chi connectivity index (χ1) is 6.54. The van der Waals surface area contributed by atoms with Crippen LogP contribution in [0.5, 0.6) is 0 Å². The van der Waals surface area contributed by atoms with Crippen molar-refractivity contribution in [3.63, 3.8) is 0 Å². The minimum absolute atomic E-state index is 0.122. The number of benzene rings is 1. The number of halogens is 1. The molecule has 0 bridgehead atoms. The third kappa shape index (κ3) is 2.22. The molecule has 0 heterocycles. The molecule has 0 aliphatic heterocycles. The molecule has 0 unspecified atom stereocenters. The number of carbonyl (C=O) groups is 2. The lowest BCUT2D eigenvalue weighted by molar-refractivity contribution is -0.115. The zero-order valence-electron chi connectivity index (χ0n) is 7.40. The number of aromatic carboxylic acids is 1. The summed E-state index contributed by atoms with van der Waals surface area (Å²) < 4.78 is 1.28. The summed E-state index contributed by atoms with van der Waals surface area (Å²) in [7, 11) is 0. The first-order valence-electron chi connectivity index (χ1n) is 3.83. The van der Waals surface area contributed by atoms with E-state index in [-0.39, 0.29) is 11.5 Å². The van der Waals surface area contributed by atoms with Crippen molar-refractivity contribution < 1.29 is 14.7 Å². The molecular formula is C9H8INO3. The summed E-state index contributed by atoms with van der Waals surface area (Å²) in [6, 6.07) is 6.37. The lowest BCUT2D eigenvalue weighted by Gasteiger charge is -2.14. The maximum atomic E-state index is 11.0. The summed E-state index contributed by atoms with van der Waals surface area (Å²) in [6.07, 6.45) is 0. The molecule has 0 fully saturated rings. The van der Waals surface area contributed by atoms with E-state index in [9.17, 15) is 9.59 Å². The number of anilines is 1. The van der Waals surface area contributed by atoms with Gasteiger partial charge in [0, 0.05) is 6.92 Å². The molecule has 0 atom stereocenters. The fraction of sp³-hybridized carbons (Fsp3) is 0.111. The molecule has 0 aromatic heterocycles. The number of amides is 1. The molecule has 74 valence electrons. The zero-order valence-corrected chi connectivity index (χ0v) is 9.56. The van der Waals surface area contributed by atoms with Crippen LogP contribution in [0.15, 0.2) is 24.3 Å². The average molecular weight is 305 g/mol. The quantitative estimate of drug-likeness (QED) is 0.672. The van der Waals surface area contributed by atoms with Crippen LogP contribution in [0.1, 0.15) is 17.3 Å². The van der Waals surface area contributed by atoms with Gasteiger partial charge in [0.1, 0.15) is 0 Å². The molecule has 0 aliphatic carbocycles. The van der Waals surface area contributed by atoms with Crippen molar-refractivity contribution in [3.05, 3.63) is 29.8 Å². The Kier molecular flexibility index (Phi) is 3.45. The molecular weight excluding hydrogens is 297 g/mol. The van der Waals surface area contributed by atoms with Crippen molar-refractivity contribution in [2.45, 2.75) is 6.92 Å². The third-order valence-corrected chi connectivity index (χ3v) is 2.82. The monoisotopic (exact) mass is 305 g/mol. The van der Waals surface area contributed by atoms with Gasteiger partial charge in [-0.1, -0.05) is 12.1 Å².